The largest absolute Gasteiger partial charge is 0.450 e. The van der Waals surface area contributed by atoms with Crippen molar-refractivity contribution in [1.82, 2.24) is 14.8 Å². The standard InChI is InChI=1S/C20H30N4O3/c1-3-27-19(26)23(2)15-8-12-24(13-15)14-6-9-20(10-7-14)17-16(22-18(20)25)5-4-11-21-17/h4-5,11,14-15,18,22,25H,3,6-10,12-13H2,1-2H3/t14?,15-,18?,20?/m1/s1. The number of carbonyl (C=O) groups excluding carboxylic acids is 1. The van der Waals surface area contributed by atoms with Crippen LogP contribution in [0.1, 0.15) is 44.7 Å². The number of nitrogens with one attached hydrogen (secondary N) is 1. The average molecular weight is 374 g/mol. The van der Waals surface area contributed by atoms with Gasteiger partial charge in [0, 0.05) is 38.4 Å². The molecular formula is C20H30N4O3. The summed E-state index contributed by atoms with van der Waals surface area (Å²) in [7, 11) is 1.84. The van der Waals surface area contributed by atoms with Gasteiger partial charge < -0.3 is 20.1 Å². The minimum absolute atomic E-state index is 0.223. The molecule has 2 atom stereocenters. The second-order valence-electron chi connectivity index (χ2n) is 8.08. The average Bonchev–Trinajstić information content (AvgIpc) is 3.27. The molecular weight excluding hydrogens is 344 g/mol. The molecule has 4 rings (SSSR count). The van der Waals surface area contributed by atoms with Gasteiger partial charge in [-0.2, -0.15) is 0 Å². The van der Waals surface area contributed by atoms with Crippen LogP contribution >= 0.6 is 0 Å². The number of pyridine rings is 1. The lowest BCUT2D eigenvalue weighted by Gasteiger charge is -2.41. The summed E-state index contributed by atoms with van der Waals surface area (Å²) < 4.78 is 5.13. The summed E-state index contributed by atoms with van der Waals surface area (Å²) in [6.07, 6.45) is 6.00. The molecule has 7 heteroatoms. The predicted molar refractivity (Wildman–Crippen MR) is 103 cm³/mol. The van der Waals surface area contributed by atoms with Crippen LogP contribution in [0.5, 0.6) is 0 Å². The highest BCUT2D eigenvalue weighted by Gasteiger charge is 2.50. The van der Waals surface area contributed by atoms with Crippen molar-refractivity contribution in [1.29, 1.82) is 0 Å². The number of anilines is 1. The van der Waals surface area contributed by atoms with Gasteiger partial charge in [0.1, 0.15) is 6.23 Å². The van der Waals surface area contributed by atoms with E-state index in [1.165, 1.54) is 0 Å². The molecule has 0 bridgehead atoms. The van der Waals surface area contributed by atoms with E-state index in [-0.39, 0.29) is 17.6 Å². The van der Waals surface area contributed by atoms with E-state index < -0.39 is 6.23 Å². The third-order valence-corrected chi connectivity index (χ3v) is 6.76. The highest BCUT2D eigenvalue weighted by molar-refractivity contribution is 5.67. The second-order valence-corrected chi connectivity index (χ2v) is 8.08. The van der Waals surface area contributed by atoms with Crippen molar-refractivity contribution in [2.24, 2.45) is 0 Å². The van der Waals surface area contributed by atoms with Crippen molar-refractivity contribution in [3.05, 3.63) is 24.0 Å². The molecule has 27 heavy (non-hydrogen) atoms. The molecule has 1 aromatic heterocycles. The first-order valence-electron chi connectivity index (χ1n) is 10.1. The number of aliphatic hydroxyl groups is 1. The highest BCUT2D eigenvalue weighted by atomic mass is 16.6. The molecule has 2 aliphatic heterocycles. The maximum absolute atomic E-state index is 12.0. The lowest BCUT2D eigenvalue weighted by Crippen LogP contribution is -2.47. The number of aromatic nitrogens is 1. The Hall–Kier alpha value is -1.86. The molecule has 1 aromatic rings. The number of hydrogen-bond acceptors (Lipinski definition) is 6. The van der Waals surface area contributed by atoms with E-state index in [9.17, 15) is 9.90 Å². The van der Waals surface area contributed by atoms with Gasteiger partial charge >= 0.3 is 6.09 Å². The van der Waals surface area contributed by atoms with Crippen LogP contribution in [0.25, 0.3) is 0 Å². The summed E-state index contributed by atoms with van der Waals surface area (Å²) in [5.74, 6) is 0. The maximum Gasteiger partial charge on any atom is 0.409 e. The maximum atomic E-state index is 12.0. The van der Waals surface area contributed by atoms with E-state index in [2.05, 4.69) is 15.2 Å². The molecule has 0 radical (unpaired) electrons. The number of ether oxygens (including phenoxy) is 1. The van der Waals surface area contributed by atoms with Gasteiger partial charge in [-0.1, -0.05) is 0 Å². The fraction of sp³-hybridized carbons (Fsp3) is 0.700. The molecule has 148 valence electrons. The normalized spacial score (nSPS) is 32.9. The number of rotatable bonds is 3. The topological polar surface area (TPSA) is 77.9 Å². The third-order valence-electron chi connectivity index (χ3n) is 6.76. The van der Waals surface area contributed by atoms with Crippen molar-refractivity contribution in [3.63, 3.8) is 0 Å². The van der Waals surface area contributed by atoms with Gasteiger partial charge in [-0.25, -0.2) is 4.79 Å². The van der Waals surface area contributed by atoms with E-state index in [0.717, 1.165) is 56.6 Å². The number of carbonyl (C=O) groups is 1. The predicted octanol–water partition coefficient (Wildman–Crippen LogP) is 2.17. The molecule has 1 saturated carbocycles. The number of aliphatic hydroxyl groups excluding tert-OH is 1. The molecule has 1 amide bonds. The number of hydrogen-bond donors (Lipinski definition) is 2. The fourth-order valence-electron chi connectivity index (χ4n) is 5.12. The molecule has 1 saturated heterocycles. The van der Waals surface area contributed by atoms with Gasteiger partial charge in [0.2, 0.25) is 0 Å². The first-order chi connectivity index (χ1) is 13.0. The summed E-state index contributed by atoms with van der Waals surface area (Å²) in [6, 6.07) is 4.65. The minimum Gasteiger partial charge on any atom is -0.450 e. The third kappa shape index (κ3) is 3.17. The Bertz CT molecular complexity index is 690. The van der Waals surface area contributed by atoms with E-state index in [1.54, 1.807) is 4.90 Å². The first-order valence-corrected chi connectivity index (χ1v) is 10.1. The number of amides is 1. The Kier molecular flexibility index (Phi) is 4.99. The molecule has 7 nitrogen and oxygen atoms in total. The molecule has 3 heterocycles. The van der Waals surface area contributed by atoms with Crippen molar-refractivity contribution in [2.75, 3.05) is 32.1 Å². The van der Waals surface area contributed by atoms with Crippen molar-refractivity contribution in [3.8, 4) is 0 Å². The Morgan fingerprint density at radius 3 is 2.96 bits per heavy atom. The van der Waals surface area contributed by atoms with Gasteiger partial charge in [-0.15, -0.1) is 0 Å². The van der Waals surface area contributed by atoms with Crippen LogP contribution in [-0.2, 0) is 10.2 Å². The Labute approximate surface area is 160 Å². The lowest BCUT2D eigenvalue weighted by molar-refractivity contribution is 0.0542. The summed E-state index contributed by atoms with van der Waals surface area (Å²) in [5, 5.41) is 13.9. The zero-order valence-corrected chi connectivity index (χ0v) is 16.2. The zero-order chi connectivity index (χ0) is 19.0. The van der Waals surface area contributed by atoms with Crippen molar-refractivity contribution in [2.45, 2.75) is 62.8 Å². The van der Waals surface area contributed by atoms with E-state index >= 15 is 0 Å². The van der Waals surface area contributed by atoms with Crippen LogP contribution in [0.4, 0.5) is 10.5 Å². The molecule has 1 spiro atoms. The summed E-state index contributed by atoms with van der Waals surface area (Å²) >= 11 is 0. The number of likely N-dealkylation sites (tertiary alicyclic amines) is 1. The van der Waals surface area contributed by atoms with Gasteiger partial charge in [0.05, 0.1) is 23.4 Å². The quantitative estimate of drug-likeness (QED) is 0.844. The van der Waals surface area contributed by atoms with E-state index in [1.807, 2.05) is 32.3 Å². The lowest BCUT2D eigenvalue weighted by atomic mass is 9.70. The van der Waals surface area contributed by atoms with Gasteiger partial charge in [0.25, 0.3) is 0 Å². The van der Waals surface area contributed by atoms with E-state index in [0.29, 0.717) is 12.6 Å². The summed E-state index contributed by atoms with van der Waals surface area (Å²) in [5.41, 5.74) is 1.74. The van der Waals surface area contributed by atoms with E-state index in [4.69, 9.17) is 4.74 Å². The van der Waals surface area contributed by atoms with Crippen LogP contribution in [0.3, 0.4) is 0 Å². The number of nitrogens with zero attached hydrogens (tertiary/aromatic N) is 3. The molecule has 3 aliphatic rings. The SMILES string of the molecule is CCOC(=O)N(C)[C@@H]1CCN(C2CCC3(CC2)c2ncccc2NC3O)C1. The smallest absolute Gasteiger partial charge is 0.409 e. The Morgan fingerprint density at radius 1 is 1.44 bits per heavy atom. The van der Waals surface area contributed by atoms with Gasteiger partial charge in [-0.05, 0) is 51.2 Å². The van der Waals surface area contributed by atoms with Crippen LogP contribution in [-0.4, -0.2) is 71.0 Å². The monoisotopic (exact) mass is 374 g/mol. The number of fused-ring (bicyclic) bond motifs is 2. The minimum atomic E-state index is -0.551. The second kappa shape index (κ2) is 7.28. The molecule has 1 unspecified atom stereocenters. The van der Waals surface area contributed by atoms with Crippen molar-refractivity contribution < 1.29 is 14.6 Å². The van der Waals surface area contributed by atoms with Crippen molar-refractivity contribution >= 4 is 11.8 Å². The highest BCUT2D eigenvalue weighted by Crippen LogP contribution is 2.49. The van der Waals surface area contributed by atoms with Crippen LogP contribution in [0.15, 0.2) is 18.3 Å². The Morgan fingerprint density at radius 2 is 2.22 bits per heavy atom. The van der Waals surface area contributed by atoms with Gasteiger partial charge in [0.15, 0.2) is 0 Å². The molecule has 2 N–H and O–H groups in total. The molecule has 2 fully saturated rings. The van der Waals surface area contributed by atoms with Crippen LogP contribution in [0, 0.1) is 0 Å². The molecule has 1 aliphatic carbocycles. The van der Waals surface area contributed by atoms with Gasteiger partial charge in [-0.3, -0.25) is 9.88 Å². The fourth-order valence-corrected chi connectivity index (χ4v) is 5.12. The van der Waals surface area contributed by atoms with Crippen LogP contribution in [0.2, 0.25) is 0 Å². The van der Waals surface area contributed by atoms with Crippen LogP contribution < -0.4 is 5.32 Å². The molecule has 0 aromatic carbocycles. The number of likely N-dealkylation sites (N-methyl/N-ethyl adjacent to an activating group) is 1. The summed E-state index contributed by atoms with van der Waals surface area (Å²) in [6.45, 7) is 4.17. The zero-order valence-electron chi connectivity index (χ0n) is 16.2. The Balaban J connectivity index is 1.37. The first kappa shape index (κ1) is 18.5. The summed E-state index contributed by atoms with van der Waals surface area (Å²) in [4.78, 5) is 20.8.